The molecule has 1 aliphatic rings. The first-order valence-electron chi connectivity index (χ1n) is 6.14. The summed E-state index contributed by atoms with van der Waals surface area (Å²) in [6.45, 7) is 2.02. The summed E-state index contributed by atoms with van der Waals surface area (Å²) >= 11 is 5.71. The van der Waals surface area contributed by atoms with Gasteiger partial charge in [-0.3, -0.25) is 0 Å². The number of hydrogen-bond donors (Lipinski definition) is 1. The smallest absolute Gasteiger partial charge is 0.385 e. The predicted octanol–water partition coefficient (Wildman–Crippen LogP) is 4.20. The monoisotopic (exact) mass is 293 g/mol. The van der Waals surface area contributed by atoms with Crippen molar-refractivity contribution in [1.82, 2.24) is 0 Å². The van der Waals surface area contributed by atoms with Gasteiger partial charge in [0.1, 0.15) is 0 Å². The fourth-order valence-electron chi connectivity index (χ4n) is 2.09. The van der Waals surface area contributed by atoms with Crippen LogP contribution < -0.4 is 5.32 Å². The third kappa shape index (κ3) is 4.28. The molecular weight excluding hydrogens is 279 g/mol. The Bertz CT molecular complexity index is 430. The molecule has 0 saturated carbocycles. The first-order chi connectivity index (χ1) is 8.95. The van der Waals surface area contributed by atoms with Crippen LogP contribution in [0.3, 0.4) is 0 Å². The van der Waals surface area contributed by atoms with Gasteiger partial charge in [-0.15, -0.1) is 0 Å². The molecule has 1 aliphatic heterocycles. The van der Waals surface area contributed by atoms with Crippen molar-refractivity contribution in [3.05, 3.63) is 28.8 Å². The van der Waals surface area contributed by atoms with Crippen LogP contribution in [0, 0.1) is 5.92 Å². The first-order valence-corrected chi connectivity index (χ1v) is 6.52. The maximum Gasteiger partial charge on any atom is 0.416 e. The summed E-state index contributed by atoms with van der Waals surface area (Å²) in [7, 11) is 0. The first kappa shape index (κ1) is 14.5. The third-order valence-corrected chi connectivity index (χ3v) is 3.29. The van der Waals surface area contributed by atoms with Gasteiger partial charge in [0.2, 0.25) is 0 Å². The van der Waals surface area contributed by atoms with Crippen LogP contribution in [0.5, 0.6) is 0 Å². The molecule has 0 spiro atoms. The molecule has 1 heterocycles. The molecule has 1 fully saturated rings. The van der Waals surface area contributed by atoms with Crippen LogP contribution in [-0.2, 0) is 10.9 Å². The highest BCUT2D eigenvalue weighted by atomic mass is 35.5. The summed E-state index contributed by atoms with van der Waals surface area (Å²) in [5.74, 6) is 0.335. The topological polar surface area (TPSA) is 21.3 Å². The summed E-state index contributed by atoms with van der Waals surface area (Å²) in [5.41, 5.74) is -0.340. The van der Waals surface area contributed by atoms with Crippen molar-refractivity contribution < 1.29 is 17.9 Å². The molecule has 0 aliphatic carbocycles. The quantitative estimate of drug-likeness (QED) is 0.902. The van der Waals surface area contributed by atoms with Gasteiger partial charge in [-0.1, -0.05) is 11.6 Å². The van der Waals surface area contributed by atoms with Gasteiger partial charge in [-0.05, 0) is 37.0 Å². The van der Waals surface area contributed by atoms with E-state index in [-0.39, 0.29) is 5.02 Å². The van der Waals surface area contributed by atoms with Gasteiger partial charge in [-0.25, -0.2) is 0 Å². The minimum absolute atomic E-state index is 0.0808. The number of alkyl halides is 3. The normalized spacial score (nSPS) is 20.3. The van der Waals surface area contributed by atoms with Crippen molar-refractivity contribution in [3.63, 3.8) is 0 Å². The molecule has 106 valence electrons. The number of anilines is 1. The Morgan fingerprint density at radius 2 is 2.11 bits per heavy atom. The molecule has 1 saturated heterocycles. The second-order valence-electron chi connectivity index (χ2n) is 4.69. The van der Waals surface area contributed by atoms with Crippen molar-refractivity contribution in [2.24, 2.45) is 5.92 Å². The van der Waals surface area contributed by atoms with Gasteiger partial charge in [0, 0.05) is 23.9 Å². The lowest BCUT2D eigenvalue weighted by Gasteiger charge is -2.23. The van der Waals surface area contributed by atoms with E-state index in [2.05, 4.69) is 5.32 Å². The molecule has 2 rings (SSSR count). The predicted molar refractivity (Wildman–Crippen MR) is 68.5 cm³/mol. The molecule has 19 heavy (non-hydrogen) atoms. The highest BCUT2D eigenvalue weighted by molar-refractivity contribution is 6.30. The van der Waals surface area contributed by atoms with Gasteiger partial charge in [0.15, 0.2) is 0 Å². The summed E-state index contributed by atoms with van der Waals surface area (Å²) in [5, 5.41) is 3.08. The number of ether oxygens (including phenoxy) is 1. The van der Waals surface area contributed by atoms with E-state index in [1.807, 2.05) is 0 Å². The van der Waals surface area contributed by atoms with E-state index in [0.717, 1.165) is 31.6 Å². The minimum Gasteiger partial charge on any atom is -0.385 e. The molecular formula is C13H15ClF3NO. The van der Waals surface area contributed by atoms with Gasteiger partial charge in [0.05, 0.1) is 12.2 Å². The second kappa shape index (κ2) is 6.01. The van der Waals surface area contributed by atoms with Crippen LogP contribution in [0.1, 0.15) is 18.4 Å². The Balaban J connectivity index is 2.01. The molecule has 1 N–H and O–H groups in total. The largest absolute Gasteiger partial charge is 0.416 e. The van der Waals surface area contributed by atoms with E-state index in [4.69, 9.17) is 16.3 Å². The summed E-state index contributed by atoms with van der Waals surface area (Å²) in [6, 6.07) is 3.51. The summed E-state index contributed by atoms with van der Waals surface area (Å²) in [6.07, 6.45) is -2.36. The van der Waals surface area contributed by atoms with E-state index in [0.29, 0.717) is 24.8 Å². The Morgan fingerprint density at radius 1 is 1.32 bits per heavy atom. The van der Waals surface area contributed by atoms with Crippen molar-refractivity contribution in [2.45, 2.75) is 19.0 Å². The fraction of sp³-hybridized carbons (Fsp3) is 0.538. The SMILES string of the molecule is FC(F)(F)c1cc(Cl)cc(NCC2CCCOC2)c1. The van der Waals surface area contributed by atoms with E-state index < -0.39 is 11.7 Å². The van der Waals surface area contributed by atoms with Crippen LogP contribution in [-0.4, -0.2) is 19.8 Å². The Labute approximate surface area is 114 Å². The number of halogens is 4. The Kier molecular flexibility index (Phi) is 4.58. The maximum absolute atomic E-state index is 12.6. The molecule has 6 heteroatoms. The van der Waals surface area contributed by atoms with E-state index in [1.165, 1.54) is 6.07 Å². The van der Waals surface area contributed by atoms with Gasteiger partial charge >= 0.3 is 6.18 Å². The number of benzene rings is 1. The Morgan fingerprint density at radius 3 is 2.74 bits per heavy atom. The van der Waals surface area contributed by atoms with Crippen molar-refractivity contribution in [3.8, 4) is 0 Å². The minimum atomic E-state index is -4.38. The zero-order valence-corrected chi connectivity index (χ0v) is 11.0. The molecule has 2 nitrogen and oxygen atoms in total. The van der Waals surface area contributed by atoms with Gasteiger partial charge in [-0.2, -0.15) is 13.2 Å². The average molecular weight is 294 g/mol. The van der Waals surface area contributed by atoms with E-state index >= 15 is 0 Å². The third-order valence-electron chi connectivity index (χ3n) is 3.07. The van der Waals surface area contributed by atoms with Crippen LogP contribution in [0.2, 0.25) is 5.02 Å². The zero-order chi connectivity index (χ0) is 13.9. The standard InChI is InChI=1S/C13H15ClF3NO/c14-11-4-10(13(15,16)17)5-12(6-11)18-7-9-2-1-3-19-8-9/h4-6,9,18H,1-3,7-8H2. The summed E-state index contributed by atoms with van der Waals surface area (Å²) < 4.78 is 43.2. The molecule has 1 aromatic carbocycles. The second-order valence-corrected chi connectivity index (χ2v) is 5.13. The average Bonchev–Trinajstić information content (AvgIpc) is 2.36. The lowest BCUT2D eigenvalue weighted by molar-refractivity contribution is -0.137. The maximum atomic E-state index is 12.6. The van der Waals surface area contributed by atoms with Gasteiger partial charge < -0.3 is 10.1 Å². The fourth-order valence-corrected chi connectivity index (χ4v) is 2.32. The van der Waals surface area contributed by atoms with Crippen LogP contribution in [0.4, 0.5) is 18.9 Å². The van der Waals surface area contributed by atoms with Crippen LogP contribution in [0.25, 0.3) is 0 Å². The van der Waals surface area contributed by atoms with Crippen LogP contribution >= 0.6 is 11.6 Å². The zero-order valence-electron chi connectivity index (χ0n) is 10.3. The summed E-state index contributed by atoms with van der Waals surface area (Å²) in [4.78, 5) is 0. The Hall–Kier alpha value is -0.940. The van der Waals surface area contributed by atoms with Crippen LogP contribution in [0.15, 0.2) is 18.2 Å². The molecule has 0 amide bonds. The van der Waals surface area contributed by atoms with E-state index in [9.17, 15) is 13.2 Å². The lowest BCUT2D eigenvalue weighted by atomic mass is 10.0. The van der Waals surface area contributed by atoms with E-state index in [1.54, 1.807) is 0 Å². The molecule has 0 radical (unpaired) electrons. The van der Waals surface area contributed by atoms with Crippen molar-refractivity contribution in [2.75, 3.05) is 25.1 Å². The number of hydrogen-bond acceptors (Lipinski definition) is 2. The molecule has 1 aromatic rings. The molecule has 1 atom stereocenters. The molecule has 0 aromatic heterocycles. The van der Waals surface area contributed by atoms with Gasteiger partial charge in [0.25, 0.3) is 0 Å². The van der Waals surface area contributed by atoms with Crippen molar-refractivity contribution in [1.29, 1.82) is 0 Å². The number of rotatable bonds is 3. The highest BCUT2D eigenvalue weighted by Gasteiger charge is 2.31. The molecule has 0 bridgehead atoms. The highest BCUT2D eigenvalue weighted by Crippen LogP contribution is 2.33. The number of nitrogens with one attached hydrogen (secondary N) is 1. The molecule has 1 unspecified atom stereocenters. The van der Waals surface area contributed by atoms with Crippen molar-refractivity contribution >= 4 is 17.3 Å². The lowest BCUT2D eigenvalue weighted by Crippen LogP contribution is -2.24.